The van der Waals surface area contributed by atoms with Crippen LogP contribution in [0.15, 0.2) is 36.7 Å². The zero-order chi connectivity index (χ0) is 18.8. The van der Waals surface area contributed by atoms with E-state index in [1.807, 2.05) is 12.1 Å². The Morgan fingerprint density at radius 1 is 1.33 bits per heavy atom. The van der Waals surface area contributed by atoms with Gasteiger partial charge in [0.1, 0.15) is 17.0 Å². The topological polar surface area (TPSA) is 58.1 Å². The normalized spacial score (nSPS) is 17.3. The fourth-order valence-corrected chi connectivity index (χ4v) is 4.54. The number of nitrogens with zero attached hydrogens (tertiary/aromatic N) is 3. The van der Waals surface area contributed by atoms with E-state index in [9.17, 15) is 4.79 Å². The highest BCUT2D eigenvalue weighted by molar-refractivity contribution is 7.18. The lowest BCUT2D eigenvalue weighted by Crippen LogP contribution is -2.41. The third-order valence-corrected chi connectivity index (χ3v) is 6.35. The Hall–Kier alpha value is -2.18. The third-order valence-electron chi connectivity index (χ3n) is 4.91. The first kappa shape index (κ1) is 18.2. The van der Waals surface area contributed by atoms with Crippen molar-refractivity contribution in [2.75, 3.05) is 23.3 Å². The number of piperidine rings is 1. The molecular formula is C20H21ClN4OS. The van der Waals surface area contributed by atoms with Crippen molar-refractivity contribution in [3.63, 3.8) is 0 Å². The van der Waals surface area contributed by atoms with Crippen LogP contribution < -0.4 is 10.2 Å². The first-order valence-electron chi connectivity index (χ1n) is 9.19. The molecule has 0 saturated carbocycles. The smallest absolute Gasteiger partial charge is 0.229 e. The Balaban J connectivity index is 1.52. The zero-order valence-corrected chi connectivity index (χ0v) is 16.7. The molecule has 1 aliphatic rings. The molecule has 0 unspecified atom stereocenters. The molecule has 0 bridgehead atoms. The maximum atomic E-state index is 12.7. The summed E-state index contributed by atoms with van der Waals surface area (Å²) in [5.74, 6) is 0.926. The van der Waals surface area contributed by atoms with E-state index in [1.54, 1.807) is 29.8 Å². The van der Waals surface area contributed by atoms with Gasteiger partial charge in [-0.25, -0.2) is 9.97 Å². The molecule has 5 nitrogen and oxygen atoms in total. The first-order valence-corrected chi connectivity index (χ1v) is 10.4. The largest absolute Gasteiger partial charge is 0.355 e. The molecule has 1 atom stereocenters. The number of carbonyl (C=O) groups is 1. The van der Waals surface area contributed by atoms with Gasteiger partial charge in [-0.15, -0.1) is 11.3 Å². The lowest BCUT2D eigenvalue weighted by molar-refractivity contribution is -0.120. The number of carbonyl (C=O) groups excluding carboxylic acids is 1. The molecule has 0 radical (unpaired) electrons. The van der Waals surface area contributed by atoms with Crippen molar-refractivity contribution < 1.29 is 4.79 Å². The second-order valence-corrected chi connectivity index (χ2v) is 8.32. The number of hydrogen-bond donors (Lipinski definition) is 1. The minimum Gasteiger partial charge on any atom is -0.355 e. The van der Waals surface area contributed by atoms with Gasteiger partial charge in [0.15, 0.2) is 0 Å². The van der Waals surface area contributed by atoms with E-state index >= 15 is 0 Å². The van der Waals surface area contributed by atoms with Crippen molar-refractivity contribution in [2.45, 2.75) is 26.2 Å². The second-order valence-electron chi connectivity index (χ2n) is 6.76. The molecule has 0 spiro atoms. The maximum absolute atomic E-state index is 12.7. The molecule has 2 aromatic heterocycles. The van der Waals surface area contributed by atoms with E-state index in [-0.39, 0.29) is 11.8 Å². The SMILES string of the molecule is CCc1cc2c(N3CCC[C@@H](C(=O)Nc4ccc(Cl)cc4)C3)ncnc2s1. The Kier molecular flexibility index (Phi) is 5.27. The highest BCUT2D eigenvalue weighted by Gasteiger charge is 2.28. The van der Waals surface area contributed by atoms with E-state index in [4.69, 9.17) is 11.6 Å². The minimum absolute atomic E-state index is 0.0480. The fraction of sp³-hybridized carbons (Fsp3) is 0.350. The van der Waals surface area contributed by atoms with Gasteiger partial charge in [-0.3, -0.25) is 4.79 Å². The third kappa shape index (κ3) is 3.92. The minimum atomic E-state index is -0.0660. The molecule has 140 valence electrons. The predicted octanol–water partition coefficient (Wildman–Crippen LogP) is 4.76. The van der Waals surface area contributed by atoms with Gasteiger partial charge in [0.25, 0.3) is 0 Å². The summed E-state index contributed by atoms with van der Waals surface area (Å²) in [7, 11) is 0. The van der Waals surface area contributed by atoms with Crippen LogP contribution >= 0.6 is 22.9 Å². The maximum Gasteiger partial charge on any atom is 0.229 e. The van der Waals surface area contributed by atoms with Gasteiger partial charge in [-0.1, -0.05) is 18.5 Å². The quantitative estimate of drug-likeness (QED) is 0.685. The predicted molar refractivity (Wildman–Crippen MR) is 112 cm³/mol. The summed E-state index contributed by atoms with van der Waals surface area (Å²) in [6.45, 7) is 3.73. The second kappa shape index (κ2) is 7.82. The number of rotatable bonds is 4. The summed E-state index contributed by atoms with van der Waals surface area (Å²) in [5.41, 5.74) is 0.774. The Bertz CT molecular complexity index is 956. The van der Waals surface area contributed by atoms with E-state index in [2.05, 4.69) is 33.2 Å². The van der Waals surface area contributed by atoms with Crippen molar-refractivity contribution in [1.29, 1.82) is 0 Å². The summed E-state index contributed by atoms with van der Waals surface area (Å²) in [5, 5.41) is 4.76. The number of aryl methyl sites for hydroxylation is 1. The summed E-state index contributed by atoms with van der Waals surface area (Å²) in [6.07, 6.45) is 4.47. The number of amides is 1. The number of anilines is 2. The van der Waals surface area contributed by atoms with E-state index < -0.39 is 0 Å². The summed E-state index contributed by atoms with van der Waals surface area (Å²) < 4.78 is 0. The van der Waals surface area contributed by atoms with Crippen molar-refractivity contribution in [2.24, 2.45) is 5.92 Å². The summed E-state index contributed by atoms with van der Waals surface area (Å²) >= 11 is 7.63. The lowest BCUT2D eigenvalue weighted by atomic mass is 9.97. The molecule has 0 aliphatic carbocycles. The van der Waals surface area contributed by atoms with Crippen LogP contribution in [0.4, 0.5) is 11.5 Å². The fourth-order valence-electron chi connectivity index (χ4n) is 3.48. The van der Waals surface area contributed by atoms with Crippen LogP contribution in [0, 0.1) is 5.92 Å². The Labute approximate surface area is 167 Å². The van der Waals surface area contributed by atoms with Gasteiger partial charge < -0.3 is 10.2 Å². The summed E-state index contributed by atoms with van der Waals surface area (Å²) in [6, 6.07) is 9.40. The lowest BCUT2D eigenvalue weighted by Gasteiger charge is -2.33. The monoisotopic (exact) mass is 400 g/mol. The molecule has 1 N–H and O–H groups in total. The van der Waals surface area contributed by atoms with Crippen molar-refractivity contribution in [3.8, 4) is 0 Å². The average molecular weight is 401 g/mol. The molecular weight excluding hydrogens is 380 g/mol. The molecule has 1 saturated heterocycles. The highest BCUT2D eigenvalue weighted by Crippen LogP contribution is 2.32. The zero-order valence-electron chi connectivity index (χ0n) is 15.1. The van der Waals surface area contributed by atoms with Gasteiger partial charge in [0.2, 0.25) is 5.91 Å². The van der Waals surface area contributed by atoms with E-state index in [0.717, 1.165) is 47.5 Å². The molecule has 7 heteroatoms. The molecule has 1 amide bonds. The Morgan fingerprint density at radius 2 is 2.15 bits per heavy atom. The van der Waals surface area contributed by atoms with Crippen molar-refractivity contribution in [3.05, 3.63) is 46.6 Å². The van der Waals surface area contributed by atoms with Crippen LogP contribution in [0.1, 0.15) is 24.6 Å². The number of nitrogens with one attached hydrogen (secondary N) is 1. The molecule has 3 heterocycles. The van der Waals surface area contributed by atoms with Gasteiger partial charge in [0.05, 0.1) is 11.3 Å². The van der Waals surface area contributed by atoms with Crippen molar-refractivity contribution >= 4 is 50.6 Å². The van der Waals surface area contributed by atoms with Crippen molar-refractivity contribution in [1.82, 2.24) is 9.97 Å². The number of thiophene rings is 1. The molecule has 1 aliphatic heterocycles. The number of benzene rings is 1. The van der Waals surface area contributed by atoms with Crippen LogP contribution in [0.3, 0.4) is 0 Å². The first-order chi connectivity index (χ1) is 13.1. The molecule has 1 aromatic carbocycles. The summed E-state index contributed by atoms with van der Waals surface area (Å²) in [4.78, 5) is 26.2. The van der Waals surface area contributed by atoms with Gasteiger partial charge in [-0.05, 0) is 49.6 Å². The number of fused-ring (bicyclic) bond motifs is 1. The van der Waals surface area contributed by atoms with Crippen LogP contribution in [-0.2, 0) is 11.2 Å². The van der Waals surface area contributed by atoms with Gasteiger partial charge in [0, 0.05) is 28.7 Å². The average Bonchev–Trinajstić information content (AvgIpc) is 3.13. The molecule has 4 rings (SSSR count). The standard InChI is InChI=1S/C20H21ClN4OS/c1-2-16-10-17-18(22-12-23-20(17)27-16)25-9-3-4-13(11-25)19(26)24-15-7-5-14(21)6-8-15/h5-8,10,12-13H,2-4,9,11H2,1H3,(H,24,26)/t13-/m1/s1. The van der Waals surface area contributed by atoms with Crippen LogP contribution in [0.5, 0.6) is 0 Å². The Morgan fingerprint density at radius 3 is 2.93 bits per heavy atom. The molecule has 1 fully saturated rings. The number of hydrogen-bond acceptors (Lipinski definition) is 5. The van der Waals surface area contributed by atoms with Gasteiger partial charge >= 0.3 is 0 Å². The van der Waals surface area contributed by atoms with E-state index in [0.29, 0.717) is 11.6 Å². The van der Waals surface area contributed by atoms with Crippen LogP contribution in [-0.4, -0.2) is 29.0 Å². The number of aromatic nitrogens is 2. The van der Waals surface area contributed by atoms with Gasteiger partial charge in [-0.2, -0.15) is 0 Å². The van der Waals surface area contributed by atoms with Crippen LogP contribution in [0.25, 0.3) is 10.2 Å². The highest BCUT2D eigenvalue weighted by atomic mass is 35.5. The van der Waals surface area contributed by atoms with E-state index in [1.165, 1.54) is 4.88 Å². The molecule has 3 aromatic rings. The van der Waals surface area contributed by atoms with Crippen LogP contribution in [0.2, 0.25) is 5.02 Å². The number of halogens is 1. The molecule has 27 heavy (non-hydrogen) atoms.